The Morgan fingerprint density at radius 1 is 1.28 bits per heavy atom. The number of imidazole rings is 1. The van der Waals surface area contributed by atoms with Crippen LogP contribution in [0.5, 0.6) is 0 Å². The lowest BCUT2D eigenvalue weighted by Crippen LogP contribution is -2.42. The Hall–Kier alpha value is -1.59. The Morgan fingerprint density at radius 2 is 2.12 bits per heavy atom. The molecule has 1 aromatic carbocycles. The van der Waals surface area contributed by atoms with Crippen LogP contribution >= 0.6 is 0 Å². The van der Waals surface area contributed by atoms with Crippen molar-refractivity contribution in [1.29, 1.82) is 0 Å². The van der Waals surface area contributed by atoms with E-state index in [0.717, 1.165) is 49.7 Å². The lowest BCUT2D eigenvalue weighted by molar-refractivity contribution is 0.0614. The molecule has 2 heterocycles. The number of aromatic amines is 1. The monoisotopic (exact) mass is 343 g/mol. The number of nitrogens with one attached hydrogen (secondary N) is 1. The minimum atomic E-state index is 0.00842. The fourth-order valence-corrected chi connectivity index (χ4v) is 4.45. The van der Waals surface area contributed by atoms with Gasteiger partial charge in [-0.15, -0.1) is 0 Å². The number of para-hydroxylation sites is 1. The van der Waals surface area contributed by atoms with Crippen LogP contribution in [0.4, 0.5) is 0 Å². The molecule has 4 rings (SSSR count). The topological polar surface area (TPSA) is 50.3 Å². The second-order valence-corrected chi connectivity index (χ2v) is 7.77. The van der Waals surface area contributed by atoms with Gasteiger partial charge in [0.05, 0.1) is 17.6 Å². The molecule has 0 saturated heterocycles. The van der Waals surface area contributed by atoms with Gasteiger partial charge < -0.3 is 9.72 Å². The summed E-state index contributed by atoms with van der Waals surface area (Å²) in [5.74, 6) is 0.771. The summed E-state index contributed by atoms with van der Waals surface area (Å²) in [5.41, 5.74) is 3.32. The number of benzene rings is 1. The smallest absolute Gasteiger partial charge is 0.326 e. The molecule has 0 spiro atoms. The third kappa shape index (κ3) is 3.53. The number of ether oxygens (including phenoxy) is 1. The van der Waals surface area contributed by atoms with Crippen molar-refractivity contribution < 1.29 is 4.74 Å². The van der Waals surface area contributed by atoms with Crippen LogP contribution in [0.2, 0.25) is 0 Å². The minimum absolute atomic E-state index is 0.00842. The Morgan fingerprint density at radius 3 is 2.96 bits per heavy atom. The van der Waals surface area contributed by atoms with E-state index >= 15 is 0 Å². The van der Waals surface area contributed by atoms with Gasteiger partial charge in [0.25, 0.3) is 0 Å². The van der Waals surface area contributed by atoms with Crippen LogP contribution in [0.25, 0.3) is 11.0 Å². The third-order valence-corrected chi connectivity index (χ3v) is 6.02. The highest BCUT2D eigenvalue weighted by Gasteiger charge is 2.25. The van der Waals surface area contributed by atoms with E-state index in [1.165, 1.54) is 37.7 Å². The van der Waals surface area contributed by atoms with Gasteiger partial charge in [-0.2, -0.15) is 0 Å². The first-order valence-corrected chi connectivity index (χ1v) is 9.71. The molecule has 0 bridgehead atoms. The average molecular weight is 343 g/mol. The number of nitrogens with zero attached hydrogens (tertiary/aromatic N) is 2. The largest absolute Gasteiger partial charge is 0.380 e. The molecule has 0 radical (unpaired) electrons. The predicted molar refractivity (Wildman–Crippen MR) is 100 cm³/mol. The number of likely N-dealkylation sites (N-methyl/N-ethyl adjacent to an activating group) is 1. The quantitative estimate of drug-likeness (QED) is 0.821. The van der Waals surface area contributed by atoms with Crippen LogP contribution in [-0.2, 0) is 17.7 Å². The highest BCUT2D eigenvalue weighted by molar-refractivity contribution is 5.79. The van der Waals surface area contributed by atoms with Crippen LogP contribution in [0.15, 0.2) is 23.0 Å². The Balaban J connectivity index is 1.32. The summed E-state index contributed by atoms with van der Waals surface area (Å²) < 4.78 is 7.86. The van der Waals surface area contributed by atoms with Crippen molar-refractivity contribution in [2.45, 2.75) is 51.1 Å². The molecule has 2 aromatic rings. The maximum absolute atomic E-state index is 12.2. The second-order valence-electron chi connectivity index (χ2n) is 7.77. The molecule has 0 unspecified atom stereocenters. The van der Waals surface area contributed by atoms with Gasteiger partial charge in [0.15, 0.2) is 0 Å². The first-order chi connectivity index (χ1) is 12.2. The molecular formula is C20H29N3O2. The third-order valence-electron chi connectivity index (χ3n) is 6.02. The van der Waals surface area contributed by atoms with E-state index < -0.39 is 0 Å². The summed E-state index contributed by atoms with van der Waals surface area (Å²) in [7, 11) is 2.15. The lowest BCUT2D eigenvalue weighted by atomic mass is 9.90. The van der Waals surface area contributed by atoms with Crippen LogP contribution < -0.4 is 5.69 Å². The Labute approximate surface area is 149 Å². The van der Waals surface area contributed by atoms with E-state index in [-0.39, 0.29) is 5.69 Å². The van der Waals surface area contributed by atoms with Gasteiger partial charge in [0.2, 0.25) is 0 Å². The number of aromatic nitrogens is 2. The Bertz CT molecular complexity index is 773. The fourth-order valence-electron chi connectivity index (χ4n) is 4.45. The molecule has 5 nitrogen and oxygen atoms in total. The predicted octanol–water partition coefficient (Wildman–Crippen LogP) is 2.78. The van der Waals surface area contributed by atoms with E-state index in [1.54, 1.807) is 0 Å². The van der Waals surface area contributed by atoms with Gasteiger partial charge in [0.1, 0.15) is 0 Å². The summed E-state index contributed by atoms with van der Waals surface area (Å²) >= 11 is 0. The molecule has 1 aliphatic heterocycles. The van der Waals surface area contributed by atoms with Crippen LogP contribution in [0.3, 0.4) is 0 Å². The number of rotatable bonds is 6. The standard InChI is InChI=1S/C20H29N3O2/c1-22(10-11-25-14-15-6-3-2-4-7-15)17-12-16-8-5-9-18-19(16)23(13-17)20(24)21-18/h5,8-9,15,17H,2-4,6-7,10-14H2,1H3,(H,21,24)/t17-/m1/s1. The van der Waals surface area contributed by atoms with E-state index in [0.29, 0.717) is 6.04 Å². The van der Waals surface area contributed by atoms with Gasteiger partial charge in [0, 0.05) is 25.7 Å². The first kappa shape index (κ1) is 16.9. The summed E-state index contributed by atoms with van der Waals surface area (Å²) in [6, 6.07) is 6.52. The zero-order valence-electron chi connectivity index (χ0n) is 15.2. The van der Waals surface area contributed by atoms with Gasteiger partial charge in [-0.1, -0.05) is 31.4 Å². The maximum atomic E-state index is 12.2. The fraction of sp³-hybridized carbons (Fsp3) is 0.650. The molecule has 25 heavy (non-hydrogen) atoms. The lowest BCUT2D eigenvalue weighted by Gasteiger charge is -2.32. The van der Waals surface area contributed by atoms with Crippen molar-refractivity contribution in [2.24, 2.45) is 5.92 Å². The van der Waals surface area contributed by atoms with Crippen molar-refractivity contribution >= 4 is 11.0 Å². The van der Waals surface area contributed by atoms with Crippen LogP contribution in [0, 0.1) is 5.92 Å². The van der Waals surface area contributed by atoms with Crippen LogP contribution in [0.1, 0.15) is 37.7 Å². The molecule has 1 atom stereocenters. The summed E-state index contributed by atoms with van der Waals surface area (Å²) in [4.78, 5) is 17.5. The molecule has 1 N–H and O–H groups in total. The Kier molecular flexibility index (Phi) is 4.95. The van der Waals surface area contributed by atoms with Gasteiger partial charge in [-0.05, 0) is 43.9 Å². The van der Waals surface area contributed by atoms with Crippen molar-refractivity contribution in [3.8, 4) is 0 Å². The molecule has 1 saturated carbocycles. The van der Waals surface area contributed by atoms with Crippen molar-refractivity contribution in [1.82, 2.24) is 14.5 Å². The average Bonchev–Trinajstić information content (AvgIpc) is 2.97. The molecule has 1 aromatic heterocycles. The molecule has 136 valence electrons. The molecule has 5 heteroatoms. The van der Waals surface area contributed by atoms with Crippen molar-refractivity contribution in [2.75, 3.05) is 26.8 Å². The molecule has 1 fully saturated rings. The minimum Gasteiger partial charge on any atom is -0.380 e. The summed E-state index contributed by atoms with van der Waals surface area (Å²) in [6.45, 7) is 3.37. The zero-order valence-corrected chi connectivity index (χ0v) is 15.2. The normalized spacial score (nSPS) is 21.3. The zero-order chi connectivity index (χ0) is 17.2. The van der Waals surface area contributed by atoms with E-state index in [1.807, 2.05) is 16.7 Å². The number of hydrogen-bond donors (Lipinski definition) is 1. The van der Waals surface area contributed by atoms with Crippen molar-refractivity contribution in [3.05, 3.63) is 34.2 Å². The SMILES string of the molecule is CN(CCOCC1CCCCC1)[C@@H]1Cc2cccc3[nH]c(=O)n(c23)C1. The maximum Gasteiger partial charge on any atom is 0.326 e. The summed E-state index contributed by atoms with van der Waals surface area (Å²) in [5, 5.41) is 0. The van der Waals surface area contributed by atoms with Gasteiger partial charge >= 0.3 is 5.69 Å². The molecular weight excluding hydrogens is 314 g/mol. The molecule has 2 aliphatic rings. The van der Waals surface area contributed by atoms with Gasteiger partial charge in [-0.25, -0.2) is 4.79 Å². The molecule has 0 amide bonds. The first-order valence-electron chi connectivity index (χ1n) is 9.71. The number of H-pyrrole nitrogens is 1. The van der Waals surface area contributed by atoms with Crippen molar-refractivity contribution in [3.63, 3.8) is 0 Å². The highest BCUT2D eigenvalue weighted by Crippen LogP contribution is 2.25. The van der Waals surface area contributed by atoms with E-state index in [2.05, 4.69) is 23.0 Å². The highest BCUT2D eigenvalue weighted by atomic mass is 16.5. The number of hydrogen-bond acceptors (Lipinski definition) is 3. The van der Waals surface area contributed by atoms with Crippen LogP contribution in [-0.4, -0.2) is 47.3 Å². The second kappa shape index (κ2) is 7.34. The van der Waals surface area contributed by atoms with E-state index in [4.69, 9.17) is 4.74 Å². The van der Waals surface area contributed by atoms with E-state index in [9.17, 15) is 4.79 Å². The molecule has 1 aliphatic carbocycles. The summed E-state index contributed by atoms with van der Waals surface area (Å²) in [6.07, 6.45) is 7.80. The van der Waals surface area contributed by atoms with Gasteiger partial charge in [-0.3, -0.25) is 9.47 Å².